The number of nitrogens with zero attached hydrogens (tertiary/aromatic N) is 2. The highest BCUT2D eigenvalue weighted by Gasteiger charge is 2.40. The monoisotopic (exact) mass is 514 g/mol. The van der Waals surface area contributed by atoms with Gasteiger partial charge in [-0.3, -0.25) is 4.79 Å². The van der Waals surface area contributed by atoms with Crippen LogP contribution in [0.2, 0.25) is 25.7 Å². The zero-order chi connectivity index (χ0) is 22.6. The van der Waals surface area contributed by atoms with E-state index < -0.39 is 14.2 Å². The molecule has 0 bridgehead atoms. The summed E-state index contributed by atoms with van der Waals surface area (Å²) in [7, 11) is 0.397. The van der Waals surface area contributed by atoms with Crippen molar-refractivity contribution in [1.82, 2.24) is 4.90 Å². The van der Waals surface area contributed by atoms with Gasteiger partial charge in [-0.25, -0.2) is 0 Å². The summed E-state index contributed by atoms with van der Waals surface area (Å²) in [5.41, 5.74) is 1.37. The van der Waals surface area contributed by atoms with Gasteiger partial charge in [0.05, 0.1) is 37.1 Å². The molecular formula is C22H35BrN2O5Si. The molecule has 0 saturated carbocycles. The number of hydrogen-bond donors (Lipinski definition) is 1. The molecule has 2 aliphatic heterocycles. The Labute approximate surface area is 194 Å². The van der Waals surface area contributed by atoms with E-state index in [1.165, 1.54) is 0 Å². The second kappa shape index (κ2) is 10.5. The Hall–Kier alpha value is -1.29. The summed E-state index contributed by atoms with van der Waals surface area (Å²) in [6, 6.07) is 4.72. The van der Waals surface area contributed by atoms with Crippen LogP contribution < -0.4 is 14.4 Å². The van der Waals surface area contributed by atoms with Crippen molar-refractivity contribution < 1.29 is 24.1 Å². The number of amides is 1. The van der Waals surface area contributed by atoms with E-state index >= 15 is 0 Å². The first-order valence-electron chi connectivity index (χ1n) is 11.0. The maximum Gasteiger partial charge on any atom is 0.256 e. The van der Waals surface area contributed by atoms with Crippen LogP contribution in [0.3, 0.4) is 0 Å². The number of rotatable bonds is 10. The second-order valence-electron chi connectivity index (χ2n) is 9.48. The fourth-order valence-electron chi connectivity index (χ4n) is 3.99. The number of alkyl halides is 1. The zero-order valence-electron chi connectivity index (χ0n) is 19.0. The minimum atomic E-state index is -1.19. The normalized spacial score (nSPS) is 21.0. The second-order valence-corrected chi connectivity index (χ2v) is 15.9. The van der Waals surface area contributed by atoms with Crippen LogP contribution in [0.15, 0.2) is 12.1 Å². The molecule has 1 aromatic carbocycles. The number of ether oxygens (including phenoxy) is 3. The van der Waals surface area contributed by atoms with Crippen LogP contribution in [0.25, 0.3) is 0 Å². The van der Waals surface area contributed by atoms with Gasteiger partial charge in [-0.2, -0.15) is 0 Å². The molecule has 1 saturated heterocycles. The summed E-state index contributed by atoms with van der Waals surface area (Å²) < 4.78 is 17.5. The van der Waals surface area contributed by atoms with Crippen molar-refractivity contribution in [2.45, 2.75) is 50.7 Å². The van der Waals surface area contributed by atoms with E-state index in [1.807, 2.05) is 6.07 Å². The molecule has 0 unspecified atom stereocenters. The van der Waals surface area contributed by atoms with Gasteiger partial charge in [-0.1, -0.05) is 35.6 Å². The Kier molecular flexibility index (Phi) is 8.29. The Morgan fingerprint density at radius 3 is 2.65 bits per heavy atom. The maximum atomic E-state index is 13.4. The molecule has 3 rings (SSSR count). The lowest BCUT2D eigenvalue weighted by Crippen LogP contribution is -2.40. The fourth-order valence-corrected chi connectivity index (χ4v) is 4.97. The van der Waals surface area contributed by atoms with E-state index in [0.717, 1.165) is 23.5 Å². The van der Waals surface area contributed by atoms with Crippen molar-refractivity contribution >= 4 is 35.6 Å². The van der Waals surface area contributed by atoms with Gasteiger partial charge in [0, 0.05) is 39.2 Å². The number of aliphatic hydroxyl groups is 1. The van der Waals surface area contributed by atoms with Gasteiger partial charge in [0.1, 0.15) is 6.73 Å². The maximum absolute atomic E-state index is 13.4. The molecule has 174 valence electrons. The fraction of sp³-hybridized carbons (Fsp3) is 0.682. The summed E-state index contributed by atoms with van der Waals surface area (Å²) >= 11 is 3.42. The van der Waals surface area contributed by atoms with Gasteiger partial charge in [0.2, 0.25) is 0 Å². The molecular weight excluding hydrogens is 480 g/mol. The molecule has 0 spiro atoms. The van der Waals surface area contributed by atoms with Gasteiger partial charge in [-0.05, 0) is 25.0 Å². The lowest BCUT2D eigenvalue weighted by molar-refractivity contribution is 0.0723. The third-order valence-corrected chi connectivity index (χ3v) is 7.98. The number of halogens is 1. The number of benzene rings is 1. The van der Waals surface area contributed by atoms with Crippen LogP contribution in [-0.2, 0) is 4.74 Å². The molecule has 9 heteroatoms. The molecule has 2 atom stereocenters. The summed E-state index contributed by atoms with van der Waals surface area (Å²) in [5, 5.41) is 11.0. The van der Waals surface area contributed by atoms with Gasteiger partial charge in [0.25, 0.3) is 5.91 Å². The Morgan fingerprint density at radius 1 is 1.19 bits per heavy atom. The minimum absolute atomic E-state index is 0.0424. The standard InChI is InChI=1S/C22H35BrN2O5Si/c1-28-20-11-18-19(12-21(20)30-7-5-6-23)24(15-29-8-9-31(2,3)4)13-16-10-17(26)14-25(16)22(18)27/h11-12,16-17,26H,5-10,13-15H2,1-4H3/t16-,17+/m0/s1. The SMILES string of the molecule is COc1cc2c(cc1OCCCBr)N(COCC[Si](C)(C)C)C[C@@H]1C[C@@H](O)CN1C2=O. The van der Waals surface area contributed by atoms with Crippen LogP contribution in [-0.4, -0.2) is 81.6 Å². The summed E-state index contributed by atoms with van der Waals surface area (Å²) in [5.74, 6) is 1.09. The Morgan fingerprint density at radius 2 is 1.97 bits per heavy atom. The van der Waals surface area contributed by atoms with E-state index in [0.29, 0.717) is 56.5 Å². The first-order chi connectivity index (χ1) is 14.7. The molecule has 2 heterocycles. The Balaban J connectivity index is 1.89. The average molecular weight is 516 g/mol. The van der Waals surface area contributed by atoms with Crippen LogP contribution >= 0.6 is 15.9 Å². The number of fused-ring (bicyclic) bond motifs is 2. The average Bonchev–Trinajstić information content (AvgIpc) is 3.04. The first-order valence-corrected chi connectivity index (χ1v) is 15.8. The third kappa shape index (κ3) is 6.15. The van der Waals surface area contributed by atoms with Gasteiger partial charge < -0.3 is 29.1 Å². The lowest BCUT2D eigenvalue weighted by Gasteiger charge is -2.28. The molecule has 0 aliphatic carbocycles. The predicted octanol–water partition coefficient (Wildman–Crippen LogP) is 3.57. The Bertz CT molecular complexity index is 773. The summed E-state index contributed by atoms with van der Waals surface area (Å²) in [4.78, 5) is 17.3. The smallest absolute Gasteiger partial charge is 0.256 e. The van der Waals surface area contributed by atoms with Gasteiger partial charge in [0.15, 0.2) is 11.5 Å². The topological polar surface area (TPSA) is 71.5 Å². The predicted molar refractivity (Wildman–Crippen MR) is 129 cm³/mol. The molecule has 0 aromatic heterocycles. The largest absolute Gasteiger partial charge is 0.493 e. The van der Waals surface area contributed by atoms with Crippen molar-refractivity contribution in [3.05, 3.63) is 17.7 Å². The van der Waals surface area contributed by atoms with Gasteiger partial charge in [-0.15, -0.1) is 0 Å². The molecule has 1 aromatic rings. The molecule has 0 radical (unpaired) electrons. The number of aliphatic hydroxyl groups excluding tert-OH is 1. The molecule has 1 fully saturated rings. The highest BCUT2D eigenvalue weighted by Crippen LogP contribution is 2.39. The quantitative estimate of drug-likeness (QED) is 0.292. The summed E-state index contributed by atoms with van der Waals surface area (Å²) in [6.45, 7) is 9.64. The van der Waals surface area contributed by atoms with Crippen molar-refractivity contribution in [2.24, 2.45) is 0 Å². The molecule has 31 heavy (non-hydrogen) atoms. The van der Waals surface area contributed by atoms with Crippen molar-refractivity contribution in [2.75, 3.05) is 50.4 Å². The summed E-state index contributed by atoms with van der Waals surface area (Å²) in [6.07, 6.45) is 0.965. The van der Waals surface area contributed by atoms with Gasteiger partial charge >= 0.3 is 0 Å². The van der Waals surface area contributed by atoms with Crippen LogP contribution in [0.5, 0.6) is 11.5 Å². The van der Waals surface area contributed by atoms with E-state index in [-0.39, 0.29) is 11.9 Å². The van der Waals surface area contributed by atoms with Crippen LogP contribution in [0.4, 0.5) is 5.69 Å². The van der Waals surface area contributed by atoms with Crippen molar-refractivity contribution in [1.29, 1.82) is 0 Å². The number of carbonyl (C=O) groups excluding carboxylic acids is 1. The number of carbonyl (C=O) groups is 1. The van der Waals surface area contributed by atoms with Crippen LogP contribution in [0.1, 0.15) is 23.2 Å². The number of hydrogen-bond acceptors (Lipinski definition) is 6. The number of methoxy groups -OCH3 is 1. The highest BCUT2D eigenvalue weighted by atomic mass is 79.9. The van der Waals surface area contributed by atoms with Crippen molar-refractivity contribution in [3.63, 3.8) is 0 Å². The van der Waals surface area contributed by atoms with E-state index in [4.69, 9.17) is 14.2 Å². The molecule has 7 nitrogen and oxygen atoms in total. The number of anilines is 1. The highest BCUT2D eigenvalue weighted by molar-refractivity contribution is 9.09. The molecule has 1 N–H and O–H groups in total. The van der Waals surface area contributed by atoms with Crippen LogP contribution in [0, 0.1) is 0 Å². The minimum Gasteiger partial charge on any atom is -0.493 e. The van der Waals surface area contributed by atoms with E-state index in [9.17, 15) is 9.90 Å². The molecule has 2 aliphatic rings. The molecule has 1 amide bonds. The van der Waals surface area contributed by atoms with E-state index in [2.05, 4.69) is 40.5 Å². The van der Waals surface area contributed by atoms with E-state index in [1.54, 1.807) is 18.1 Å². The lowest BCUT2D eigenvalue weighted by atomic mass is 10.1. The first kappa shape index (κ1) is 24.4. The van der Waals surface area contributed by atoms with Crippen molar-refractivity contribution in [3.8, 4) is 11.5 Å². The zero-order valence-corrected chi connectivity index (χ0v) is 21.6. The third-order valence-electron chi connectivity index (χ3n) is 5.72.